The van der Waals surface area contributed by atoms with Crippen LogP contribution in [0.3, 0.4) is 0 Å². The Kier molecular flexibility index (Phi) is 10.4. The first-order valence-corrected chi connectivity index (χ1v) is 13.2. The van der Waals surface area contributed by atoms with Crippen molar-refractivity contribution in [2.24, 2.45) is 0 Å². The van der Waals surface area contributed by atoms with E-state index in [-0.39, 0.29) is 36.7 Å². The molecule has 1 amide bonds. The molecule has 0 bridgehead atoms. The highest BCUT2D eigenvalue weighted by atomic mass is 35.5. The van der Waals surface area contributed by atoms with Crippen LogP contribution in [0.1, 0.15) is 18.9 Å². The maximum Gasteiger partial charge on any atom is 0.264 e. The zero-order chi connectivity index (χ0) is 26.5. The molecule has 1 unspecified atom stereocenters. The first kappa shape index (κ1) is 30.4. The zero-order valence-corrected chi connectivity index (χ0v) is 22.4. The molecule has 202 valence electrons. The Morgan fingerprint density at radius 3 is 2.54 bits per heavy atom. The normalized spacial score (nSPS) is 13.1. The van der Waals surface area contributed by atoms with Crippen molar-refractivity contribution in [3.05, 3.63) is 70.4 Å². The van der Waals surface area contributed by atoms with Crippen LogP contribution in [0.2, 0.25) is 0 Å². The Balaban J connectivity index is 0.00000481. The molecular formula is C25H31ClFN3O6S. The molecule has 3 N–H and O–H groups in total. The minimum atomic E-state index is -3.89. The fourth-order valence-electron chi connectivity index (χ4n) is 3.86. The highest BCUT2D eigenvalue weighted by Crippen LogP contribution is 2.27. The molecule has 1 atom stereocenters. The predicted octanol–water partition coefficient (Wildman–Crippen LogP) is 2.66. The van der Waals surface area contributed by atoms with Crippen molar-refractivity contribution in [3.63, 3.8) is 0 Å². The number of ether oxygens (including phenoxy) is 1. The van der Waals surface area contributed by atoms with E-state index in [0.717, 1.165) is 11.8 Å². The Morgan fingerprint density at radius 2 is 1.92 bits per heavy atom. The van der Waals surface area contributed by atoms with E-state index in [0.29, 0.717) is 41.6 Å². The van der Waals surface area contributed by atoms with Gasteiger partial charge in [0.05, 0.1) is 6.61 Å². The van der Waals surface area contributed by atoms with Gasteiger partial charge in [0.1, 0.15) is 5.82 Å². The molecule has 0 fully saturated rings. The first-order valence-electron chi connectivity index (χ1n) is 11.3. The van der Waals surface area contributed by atoms with Crippen LogP contribution in [-0.2, 0) is 32.5 Å². The van der Waals surface area contributed by atoms with Gasteiger partial charge in [-0.2, -0.15) is 0 Å². The average Bonchev–Trinajstić information content (AvgIpc) is 2.84. The number of benzene rings is 2. The largest absolute Gasteiger partial charge is 0.383 e. The third kappa shape index (κ3) is 6.74. The lowest BCUT2D eigenvalue weighted by atomic mass is 10.00. The molecule has 3 rings (SSSR count). The molecule has 0 saturated heterocycles. The van der Waals surface area contributed by atoms with E-state index in [1.165, 1.54) is 29.2 Å². The van der Waals surface area contributed by atoms with Gasteiger partial charge in [0.25, 0.3) is 11.5 Å². The van der Waals surface area contributed by atoms with Gasteiger partial charge in [0.2, 0.25) is 0 Å². The zero-order valence-electron chi connectivity index (χ0n) is 20.8. The van der Waals surface area contributed by atoms with Gasteiger partial charge in [0, 0.05) is 50.1 Å². The Hall–Kier alpha value is -2.83. The summed E-state index contributed by atoms with van der Waals surface area (Å²) < 4.78 is 43.6. The summed E-state index contributed by atoms with van der Waals surface area (Å²) in [5.41, 5.74) is 2.83. The summed E-state index contributed by atoms with van der Waals surface area (Å²) in [6.07, 6.45) is 2.18. The molecule has 1 heterocycles. The summed E-state index contributed by atoms with van der Waals surface area (Å²) in [5, 5.41) is 13.1. The van der Waals surface area contributed by atoms with Crippen molar-refractivity contribution in [2.75, 3.05) is 26.5 Å². The summed E-state index contributed by atoms with van der Waals surface area (Å²) >= 11 is 0. The van der Waals surface area contributed by atoms with Gasteiger partial charge in [-0.3, -0.25) is 14.8 Å². The topological polar surface area (TPSA) is 127 Å². The summed E-state index contributed by atoms with van der Waals surface area (Å²) in [6.45, 7) is 2.86. The molecule has 0 saturated carbocycles. The molecule has 0 aliphatic rings. The van der Waals surface area contributed by atoms with Gasteiger partial charge in [-0.15, -0.1) is 12.4 Å². The number of carbonyl (C=O) groups excluding carboxylic acids is 1. The maximum atomic E-state index is 14.8. The number of aromatic nitrogens is 1. The van der Waals surface area contributed by atoms with Gasteiger partial charge in [-0.25, -0.2) is 18.3 Å². The van der Waals surface area contributed by atoms with Crippen LogP contribution >= 0.6 is 12.4 Å². The molecule has 0 aliphatic carbocycles. The second-order valence-electron chi connectivity index (χ2n) is 8.79. The SMILES string of the molecule is COCCNCc1ccc(-c2ccc3c(=O)n(CCC(C)(C(=O)NO)S(C)(=O)=O)ccc3c2)c(F)c1.Cl. The smallest absolute Gasteiger partial charge is 0.264 e. The van der Waals surface area contributed by atoms with Crippen molar-refractivity contribution >= 4 is 38.9 Å². The monoisotopic (exact) mass is 555 g/mol. The number of fused-ring (bicyclic) bond motifs is 1. The lowest BCUT2D eigenvalue weighted by Crippen LogP contribution is -2.49. The van der Waals surface area contributed by atoms with E-state index in [2.05, 4.69) is 5.32 Å². The van der Waals surface area contributed by atoms with Crippen molar-refractivity contribution in [2.45, 2.75) is 31.2 Å². The fraction of sp³-hybridized carbons (Fsp3) is 0.360. The molecule has 12 heteroatoms. The van der Waals surface area contributed by atoms with Crippen molar-refractivity contribution < 1.29 is 27.5 Å². The number of aryl methyl sites for hydroxylation is 1. The number of amides is 1. The lowest BCUT2D eigenvalue weighted by molar-refractivity contribution is -0.131. The summed E-state index contributed by atoms with van der Waals surface area (Å²) in [7, 11) is -2.27. The van der Waals surface area contributed by atoms with E-state index in [1.807, 2.05) is 6.07 Å². The van der Waals surface area contributed by atoms with E-state index < -0.39 is 20.5 Å². The van der Waals surface area contributed by atoms with Crippen LogP contribution in [-0.4, -0.2) is 55.4 Å². The third-order valence-corrected chi connectivity index (χ3v) is 8.39. The van der Waals surface area contributed by atoms with Crippen molar-refractivity contribution in [3.8, 4) is 11.1 Å². The molecule has 3 aromatic rings. The minimum absolute atomic E-state index is 0. The molecule has 0 spiro atoms. The molecule has 1 aromatic heterocycles. The standard InChI is InChI=1S/C25H30FN3O6S.ClH/c1-25(24(31)28-32,36(3,33)34)9-12-29-11-8-19-15-18(5-7-21(19)23(29)30)20-6-4-17(14-22(20)26)16-27-10-13-35-2;/h4-8,11,14-15,27,32H,9-10,12-13,16H2,1-3H3,(H,28,31);1H. The quantitative estimate of drug-likeness (QED) is 0.189. The number of nitrogens with one attached hydrogen (secondary N) is 2. The molecule has 0 aliphatic heterocycles. The van der Waals surface area contributed by atoms with Crippen molar-refractivity contribution in [1.82, 2.24) is 15.4 Å². The first-order chi connectivity index (χ1) is 17.0. The lowest BCUT2D eigenvalue weighted by Gasteiger charge is -2.25. The van der Waals surface area contributed by atoms with E-state index in [9.17, 15) is 22.4 Å². The Morgan fingerprint density at radius 1 is 1.19 bits per heavy atom. The fourth-order valence-corrected chi connectivity index (χ4v) is 4.71. The number of rotatable bonds is 11. The van der Waals surface area contributed by atoms with E-state index >= 15 is 0 Å². The number of nitrogens with zero attached hydrogens (tertiary/aromatic N) is 1. The van der Waals surface area contributed by atoms with Crippen LogP contribution in [0, 0.1) is 5.82 Å². The van der Waals surface area contributed by atoms with Gasteiger partial charge in [-0.1, -0.05) is 18.2 Å². The summed E-state index contributed by atoms with van der Waals surface area (Å²) in [6, 6.07) is 11.7. The summed E-state index contributed by atoms with van der Waals surface area (Å²) in [4.78, 5) is 25.0. The third-order valence-electron chi connectivity index (χ3n) is 6.36. The number of halogens is 2. The highest BCUT2D eigenvalue weighted by Gasteiger charge is 2.43. The van der Waals surface area contributed by atoms with Gasteiger partial charge in [-0.05, 0) is 54.1 Å². The van der Waals surface area contributed by atoms with Gasteiger partial charge >= 0.3 is 0 Å². The van der Waals surface area contributed by atoms with E-state index in [1.54, 1.807) is 37.4 Å². The average molecular weight is 556 g/mol. The van der Waals surface area contributed by atoms with Crippen LogP contribution in [0.5, 0.6) is 0 Å². The Bertz CT molecular complexity index is 1430. The van der Waals surface area contributed by atoms with Gasteiger partial charge in [0.15, 0.2) is 14.6 Å². The molecule has 0 radical (unpaired) electrons. The number of hydrogen-bond acceptors (Lipinski definition) is 7. The van der Waals surface area contributed by atoms with Crippen LogP contribution < -0.4 is 16.4 Å². The van der Waals surface area contributed by atoms with Crippen LogP contribution in [0.25, 0.3) is 21.9 Å². The number of methoxy groups -OCH3 is 1. The maximum absolute atomic E-state index is 14.8. The van der Waals surface area contributed by atoms with E-state index in [4.69, 9.17) is 9.94 Å². The Labute approximate surface area is 220 Å². The second kappa shape index (κ2) is 12.6. The number of pyridine rings is 1. The predicted molar refractivity (Wildman–Crippen MR) is 142 cm³/mol. The molecule has 2 aromatic carbocycles. The van der Waals surface area contributed by atoms with Crippen LogP contribution in [0.4, 0.5) is 4.39 Å². The molecule has 9 nitrogen and oxygen atoms in total. The highest BCUT2D eigenvalue weighted by molar-refractivity contribution is 7.92. The van der Waals surface area contributed by atoms with Gasteiger partial charge < -0.3 is 14.6 Å². The minimum Gasteiger partial charge on any atom is -0.383 e. The molecule has 37 heavy (non-hydrogen) atoms. The summed E-state index contributed by atoms with van der Waals surface area (Å²) in [5.74, 6) is -1.45. The van der Waals surface area contributed by atoms with Crippen LogP contribution in [0.15, 0.2) is 53.5 Å². The number of hydroxylamine groups is 1. The van der Waals surface area contributed by atoms with Crippen molar-refractivity contribution in [1.29, 1.82) is 0 Å². The number of carbonyl (C=O) groups is 1. The number of sulfone groups is 1. The second-order valence-corrected chi connectivity index (χ2v) is 11.2. The number of hydrogen-bond donors (Lipinski definition) is 3. The molecular weight excluding hydrogens is 525 g/mol.